The summed E-state index contributed by atoms with van der Waals surface area (Å²) in [7, 11) is 1.99. The van der Waals surface area contributed by atoms with Gasteiger partial charge in [-0.3, -0.25) is 19.3 Å². The maximum atomic E-state index is 15.8. The molecule has 5 N–H and O–H groups in total. The van der Waals surface area contributed by atoms with Gasteiger partial charge in [-0.05, 0) is 94.1 Å². The lowest BCUT2D eigenvalue weighted by atomic mass is 9.88. The minimum absolute atomic E-state index is 0.0101. The molecule has 3 aliphatic rings. The van der Waals surface area contributed by atoms with E-state index in [0.29, 0.717) is 24.3 Å². The molecule has 1 unspecified atom stereocenters. The highest BCUT2D eigenvalue weighted by Gasteiger charge is 2.48. The van der Waals surface area contributed by atoms with Gasteiger partial charge in [-0.15, -0.1) is 0 Å². The van der Waals surface area contributed by atoms with Crippen molar-refractivity contribution in [2.75, 3.05) is 45.2 Å². The summed E-state index contributed by atoms with van der Waals surface area (Å²) < 4.78 is 25.4. The molecule has 0 bridgehead atoms. The lowest BCUT2D eigenvalue weighted by Gasteiger charge is -2.41. The molecule has 0 radical (unpaired) electrons. The predicted molar refractivity (Wildman–Crippen MR) is 179 cm³/mol. The highest BCUT2D eigenvalue weighted by Crippen LogP contribution is 2.51. The molecular formula is C34H49FN8O7. The molecule has 2 aliphatic carbocycles. The van der Waals surface area contributed by atoms with Gasteiger partial charge in [0.1, 0.15) is 29.8 Å². The van der Waals surface area contributed by atoms with E-state index in [0.717, 1.165) is 38.8 Å². The number of hydrogen-bond acceptors (Lipinski definition) is 11. The fraction of sp³-hybridized carbons (Fsp3) is 0.647. The van der Waals surface area contributed by atoms with Crippen molar-refractivity contribution in [3.8, 4) is 0 Å². The number of aromatic nitrogens is 2. The first-order valence-electron chi connectivity index (χ1n) is 17.4. The molecule has 1 aromatic carbocycles. The van der Waals surface area contributed by atoms with Crippen molar-refractivity contribution in [3.05, 3.63) is 41.0 Å². The number of carbonyl (C=O) groups excluding carboxylic acids is 4. The largest absolute Gasteiger partial charge is 0.450 e. The summed E-state index contributed by atoms with van der Waals surface area (Å²) in [5, 5.41) is 29.8. The smallest absolute Gasteiger partial charge is 0.407 e. The molecule has 4 amide bonds. The number of benzene rings is 1. The predicted octanol–water partition coefficient (Wildman–Crippen LogP) is 1.98. The summed E-state index contributed by atoms with van der Waals surface area (Å²) >= 11 is 0. The van der Waals surface area contributed by atoms with Gasteiger partial charge in [0.05, 0.1) is 18.3 Å². The summed E-state index contributed by atoms with van der Waals surface area (Å²) in [6, 6.07) is 1.58. The second-order valence-corrected chi connectivity index (χ2v) is 13.8. The van der Waals surface area contributed by atoms with Crippen LogP contribution in [-0.4, -0.2) is 113 Å². The van der Waals surface area contributed by atoms with E-state index >= 15 is 4.39 Å². The minimum Gasteiger partial charge on any atom is -0.450 e. The van der Waals surface area contributed by atoms with Gasteiger partial charge in [0, 0.05) is 32.1 Å². The second kappa shape index (κ2) is 16.2. The highest BCUT2D eigenvalue weighted by atomic mass is 19.1. The molecule has 16 heteroatoms. The number of halogens is 1. The molecular weight excluding hydrogens is 651 g/mol. The van der Waals surface area contributed by atoms with Gasteiger partial charge in [-0.1, -0.05) is 18.1 Å². The fourth-order valence-electron chi connectivity index (χ4n) is 6.68. The number of ether oxygens (including phenoxy) is 1. The van der Waals surface area contributed by atoms with Crippen LogP contribution in [0, 0.1) is 30.5 Å². The third-order valence-electron chi connectivity index (χ3n) is 10.0. The number of piperazine rings is 1. The van der Waals surface area contributed by atoms with Gasteiger partial charge in [-0.25, -0.2) is 13.8 Å². The molecule has 5 atom stereocenters. The van der Waals surface area contributed by atoms with Crippen LogP contribution in [0.5, 0.6) is 0 Å². The number of hydrogen-bond donors (Lipinski definition) is 5. The fourth-order valence-corrected chi connectivity index (χ4v) is 6.68. The van der Waals surface area contributed by atoms with Crippen molar-refractivity contribution in [2.24, 2.45) is 17.8 Å². The van der Waals surface area contributed by atoms with E-state index in [1.54, 1.807) is 26.8 Å². The Labute approximate surface area is 291 Å². The maximum absolute atomic E-state index is 15.8. The number of anilines is 1. The first-order valence-corrected chi connectivity index (χ1v) is 17.4. The molecule has 50 heavy (non-hydrogen) atoms. The van der Waals surface area contributed by atoms with Crippen LogP contribution in [0.2, 0.25) is 0 Å². The average Bonchev–Trinajstić information content (AvgIpc) is 4.03. The Hall–Kier alpha value is -4.15. The van der Waals surface area contributed by atoms with E-state index in [-0.39, 0.29) is 35.7 Å². The number of aliphatic hydroxyl groups excluding tert-OH is 1. The number of aliphatic hydroxyl groups is 1. The van der Waals surface area contributed by atoms with Crippen LogP contribution in [0.25, 0.3) is 0 Å². The topological polar surface area (TPSA) is 191 Å². The standard InChI is InChI=1S/C34H49FN8O7/c1-6-49-34(48)36-20(4)30(44)38-27(33(47)43-15-13-42(5)14-16-43)18(2)23-11-12-25(24(35)17-23)37-32(46)29(26(21-7-8-21)22-9-10-22)39-31(45)28-19(3)40-50-41-28/h11-12,17-18,20-22,26-27,29,33,47H,6-10,13-16H2,1-5H3,(H,36,48)(H,37,46)(H,38,44)(H,39,45)/t18-,20-,27+,29-,33?/m0/s1. The number of carbonyl (C=O) groups is 4. The zero-order valence-electron chi connectivity index (χ0n) is 29.3. The molecule has 2 heterocycles. The number of nitrogens with one attached hydrogen (secondary N) is 4. The van der Waals surface area contributed by atoms with Gasteiger partial charge in [0.15, 0.2) is 5.69 Å². The van der Waals surface area contributed by atoms with E-state index in [1.165, 1.54) is 19.1 Å². The number of alkyl carbamates (subject to hydrolysis) is 1. The van der Waals surface area contributed by atoms with Crippen LogP contribution in [0.15, 0.2) is 22.8 Å². The van der Waals surface area contributed by atoms with Crippen LogP contribution in [0.1, 0.15) is 74.1 Å². The third kappa shape index (κ3) is 9.14. The number of nitrogens with zero attached hydrogens (tertiary/aromatic N) is 4. The molecule has 0 spiro atoms. The lowest BCUT2D eigenvalue weighted by molar-refractivity contribution is -0.126. The average molecular weight is 701 g/mol. The number of aryl methyl sites for hydroxylation is 1. The summed E-state index contributed by atoms with van der Waals surface area (Å²) in [5.74, 6) is -2.48. The second-order valence-electron chi connectivity index (χ2n) is 13.8. The Morgan fingerprint density at radius 2 is 1.66 bits per heavy atom. The van der Waals surface area contributed by atoms with Gasteiger partial charge in [0.2, 0.25) is 11.8 Å². The number of amides is 4. The third-order valence-corrected chi connectivity index (χ3v) is 10.0. The Morgan fingerprint density at radius 3 is 2.22 bits per heavy atom. The van der Waals surface area contributed by atoms with Crippen LogP contribution in [0.4, 0.5) is 14.9 Å². The van der Waals surface area contributed by atoms with Crippen molar-refractivity contribution in [2.45, 2.75) is 83.6 Å². The molecule has 1 aliphatic heterocycles. The Balaban J connectivity index is 1.33. The van der Waals surface area contributed by atoms with Crippen molar-refractivity contribution >= 4 is 29.5 Å². The van der Waals surface area contributed by atoms with E-state index in [1.807, 2.05) is 11.9 Å². The molecule has 2 aromatic rings. The zero-order valence-corrected chi connectivity index (χ0v) is 29.3. The number of likely N-dealkylation sites (N-methyl/N-ethyl adjacent to an activating group) is 1. The molecule has 5 rings (SSSR count). The van der Waals surface area contributed by atoms with Crippen LogP contribution in [0.3, 0.4) is 0 Å². The van der Waals surface area contributed by atoms with Gasteiger partial charge in [0.25, 0.3) is 5.91 Å². The van der Waals surface area contributed by atoms with Gasteiger partial charge < -0.3 is 36.0 Å². The summed E-state index contributed by atoms with van der Waals surface area (Å²) in [5.41, 5.74) is 0.688. The minimum atomic E-state index is -1.12. The maximum Gasteiger partial charge on any atom is 0.407 e. The Bertz CT molecular complexity index is 1510. The van der Waals surface area contributed by atoms with E-state index in [2.05, 4.69) is 41.1 Å². The first kappa shape index (κ1) is 37.1. The molecule has 1 saturated heterocycles. The summed E-state index contributed by atoms with van der Waals surface area (Å²) in [6.07, 6.45) is 1.98. The summed E-state index contributed by atoms with van der Waals surface area (Å²) in [4.78, 5) is 56.1. The van der Waals surface area contributed by atoms with Crippen LogP contribution >= 0.6 is 0 Å². The Morgan fingerprint density at radius 1 is 1.00 bits per heavy atom. The quantitative estimate of drug-likeness (QED) is 0.183. The first-order chi connectivity index (χ1) is 23.9. The normalized spacial score (nSPS) is 19.9. The van der Waals surface area contributed by atoms with Crippen molar-refractivity contribution in [3.63, 3.8) is 0 Å². The molecule has 2 saturated carbocycles. The van der Waals surface area contributed by atoms with Crippen molar-refractivity contribution in [1.82, 2.24) is 36.1 Å². The van der Waals surface area contributed by atoms with Crippen LogP contribution < -0.4 is 21.3 Å². The lowest BCUT2D eigenvalue weighted by Crippen LogP contribution is -2.60. The van der Waals surface area contributed by atoms with E-state index in [9.17, 15) is 24.3 Å². The van der Waals surface area contributed by atoms with E-state index in [4.69, 9.17) is 4.74 Å². The van der Waals surface area contributed by atoms with Crippen molar-refractivity contribution < 1.29 is 38.0 Å². The summed E-state index contributed by atoms with van der Waals surface area (Å²) in [6.45, 7) is 9.19. The Kier molecular flexibility index (Phi) is 12.1. The molecule has 1 aromatic heterocycles. The molecule has 15 nitrogen and oxygen atoms in total. The zero-order chi connectivity index (χ0) is 36.1. The SMILES string of the molecule is CCOC(=O)N[C@@H](C)C(=O)N[C@@H](C(O)N1CCN(C)CC1)[C@@H](C)c1ccc(NC(=O)[C@@H](NC(=O)c2nonc2C)C(C2CC2)C2CC2)c(F)c1. The highest BCUT2D eigenvalue weighted by molar-refractivity contribution is 6.01. The van der Waals surface area contributed by atoms with Crippen molar-refractivity contribution in [1.29, 1.82) is 0 Å². The molecule has 274 valence electrons. The van der Waals surface area contributed by atoms with E-state index < -0.39 is 59.9 Å². The van der Waals surface area contributed by atoms with Crippen LogP contribution in [-0.2, 0) is 14.3 Å². The monoisotopic (exact) mass is 700 g/mol. The number of rotatable bonds is 15. The van der Waals surface area contributed by atoms with Gasteiger partial charge in [-0.2, -0.15) is 0 Å². The van der Waals surface area contributed by atoms with Gasteiger partial charge >= 0.3 is 6.09 Å². The molecule has 3 fully saturated rings.